The highest BCUT2D eigenvalue weighted by Gasteiger charge is 2.14. The number of hydrogen-bond donors (Lipinski definition) is 0. The second kappa shape index (κ2) is 2.60. The zero-order chi connectivity index (χ0) is 7.56. The number of allylic oxidation sites excluding steroid dienone is 4. The van der Waals surface area contributed by atoms with E-state index in [2.05, 4.69) is 0 Å². The Kier molecular flexibility index (Phi) is 1.80. The summed E-state index contributed by atoms with van der Waals surface area (Å²) in [4.78, 5) is 9.56. The number of halogens is 1. The van der Waals surface area contributed by atoms with E-state index in [1.54, 1.807) is 0 Å². The fourth-order valence-corrected chi connectivity index (χ4v) is 0.753. The Morgan fingerprint density at radius 1 is 1.50 bits per heavy atom. The van der Waals surface area contributed by atoms with Crippen molar-refractivity contribution >= 4 is 0 Å². The summed E-state index contributed by atoms with van der Waals surface area (Å²) in [6, 6.07) is 0. The Bertz CT molecular complexity index is 220. The van der Waals surface area contributed by atoms with E-state index in [4.69, 9.17) is 0 Å². The molecule has 4 heteroatoms. The number of rotatable bonds is 1. The molecule has 0 saturated heterocycles. The largest absolute Gasteiger partial charge is 0.259 e. The minimum absolute atomic E-state index is 0.0846. The highest BCUT2D eigenvalue weighted by molar-refractivity contribution is 5.15. The Morgan fingerprint density at radius 3 is 2.60 bits per heavy atom. The molecule has 0 aromatic heterocycles. The molecule has 0 N–H and O–H groups in total. The topological polar surface area (TPSA) is 43.1 Å². The van der Waals surface area contributed by atoms with E-state index >= 15 is 0 Å². The number of hydrogen-bond acceptors (Lipinski definition) is 2. The van der Waals surface area contributed by atoms with Crippen molar-refractivity contribution in [3.8, 4) is 0 Å². The van der Waals surface area contributed by atoms with Crippen LogP contribution in [0.4, 0.5) is 4.39 Å². The molecule has 0 unspecified atom stereocenters. The maximum atomic E-state index is 12.2. The predicted molar refractivity (Wildman–Crippen MR) is 33.5 cm³/mol. The molecule has 10 heavy (non-hydrogen) atoms. The molecule has 0 heterocycles. The van der Waals surface area contributed by atoms with E-state index in [-0.39, 0.29) is 24.4 Å². The van der Waals surface area contributed by atoms with Gasteiger partial charge in [-0.1, -0.05) is 0 Å². The van der Waals surface area contributed by atoms with Crippen LogP contribution in [0.25, 0.3) is 0 Å². The Hall–Kier alpha value is -1.19. The van der Waals surface area contributed by atoms with Gasteiger partial charge in [-0.15, -0.1) is 0 Å². The molecule has 0 aromatic rings. The van der Waals surface area contributed by atoms with Gasteiger partial charge in [0.15, 0.2) is 0 Å². The van der Waals surface area contributed by atoms with Gasteiger partial charge in [-0.3, -0.25) is 10.1 Å². The summed E-state index contributed by atoms with van der Waals surface area (Å²) in [6.07, 6.45) is 2.71. The summed E-state index contributed by atoms with van der Waals surface area (Å²) < 4.78 is 12.2. The second-order valence-corrected chi connectivity index (χ2v) is 2.03. The monoisotopic (exact) mass is 143 g/mol. The molecule has 0 aromatic carbocycles. The van der Waals surface area contributed by atoms with Crippen molar-refractivity contribution in [3.05, 3.63) is 33.8 Å². The van der Waals surface area contributed by atoms with E-state index < -0.39 is 4.92 Å². The van der Waals surface area contributed by atoms with Gasteiger partial charge >= 0.3 is 0 Å². The molecule has 0 bridgehead atoms. The average Bonchev–Trinajstić information content (AvgIpc) is 1.88. The van der Waals surface area contributed by atoms with E-state index in [0.717, 1.165) is 6.08 Å². The second-order valence-electron chi connectivity index (χ2n) is 2.03. The number of nitrogens with zero attached hydrogens (tertiary/aromatic N) is 1. The van der Waals surface area contributed by atoms with Gasteiger partial charge in [0, 0.05) is 18.9 Å². The highest BCUT2D eigenvalue weighted by Crippen LogP contribution is 2.18. The molecule has 1 rings (SSSR count). The minimum atomic E-state index is -0.483. The molecule has 0 saturated carbocycles. The zero-order valence-electron chi connectivity index (χ0n) is 5.21. The van der Waals surface area contributed by atoms with Crippen LogP contribution in [0.1, 0.15) is 12.8 Å². The van der Waals surface area contributed by atoms with Crippen molar-refractivity contribution in [2.24, 2.45) is 0 Å². The van der Waals surface area contributed by atoms with E-state index in [1.165, 1.54) is 6.08 Å². The molecule has 1 aliphatic rings. The van der Waals surface area contributed by atoms with Crippen LogP contribution in [0.15, 0.2) is 23.7 Å². The molecular weight excluding hydrogens is 137 g/mol. The van der Waals surface area contributed by atoms with Gasteiger partial charge in [-0.25, -0.2) is 4.39 Å². The van der Waals surface area contributed by atoms with Crippen LogP contribution in [0, 0.1) is 10.1 Å². The summed E-state index contributed by atoms with van der Waals surface area (Å²) in [5.74, 6) is -0.286. The third-order valence-corrected chi connectivity index (χ3v) is 1.31. The molecule has 0 atom stereocenters. The molecule has 0 radical (unpaired) electrons. The molecule has 0 amide bonds. The smallest absolute Gasteiger partial charge is 0.246 e. The molecule has 1 aliphatic carbocycles. The van der Waals surface area contributed by atoms with Gasteiger partial charge in [-0.2, -0.15) is 0 Å². The van der Waals surface area contributed by atoms with Crippen molar-refractivity contribution in [1.29, 1.82) is 0 Å². The molecule has 0 aliphatic heterocycles. The Balaban J connectivity index is 2.74. The summed E-state index contributed by atoms with van der Waals surface area (Å²) >= 11 is 0. The maximum absolute atomic E-state index is 12.2. The van der Waals surface area contributed by atoms with Crippen LogP contribution in [-0.4, -0.2) is 4.92 Å². The quantitative estimate of drug-likeness (QED) is 0.415. The van der Waals surface area contributed by atoms with E-state index in [9.17, 15) is 14.5 Å². The average molecular weight is 143 g/mol. The predicted octanol–water partition coefficient (Wildman–Crippen LogP) is 1.79. The fourth-order valence-electron chi connectivity index (χ4n) is 0.753. The van der Waals surface area contributed by atoms with Crippen LogP contribution in [0.3, 0.4) is 0 Å². The summed E-state index contributed by atoms with van der Waals surface area (Å²) in [6.45, 7) is 0. The minimum Gasteiger partial charge on any atom is -0.259 e. The van der Waals surface area contributed by atoms with E-state index in [1.807, 2.05) is 0 Å². The molecule has 0 fully saturated rings. The zero-order valence-corrected chi connectivity index (χ0v) is 5.21. The Labute approximate surface area is 57.0 Å². The fraction of sp³-hybridized carbons (Fsp3) is 0.333. The molecule has 3 nitrogen and oxygen atoms in total. The van der Waals surface area contributed by atoms with Gasteiger partial charge in [0.1, 0.15) is 5.83 Å². The van der Waals surface area contributed by atoms with Crippen molar-refractivity contribution in [2.75, 3.05) is 0 Å². The SMILES string of the molecule is O=[N+]([O-])C1=CC=C(F)CC1. The third-order valence-electron chi connectivity index (χ3n) is 1.31. The normalized spacial score (nSPS) is 17.7. The van der Waals surface area contributed by atoms with E-state index in [0.29, 0.717) is 0 Å². The standard InChI is InChI=1S/C6H6FNO2/c7-5-1-3-6(4-2-5)8(9)10/h1,3H,2,4H2. The lowest BCUT2D eigenvalue weighted by Crippen LogP contribution is -2.00. The molecular formula is C6H6FNO2. The van der Waals surface area contributed by atoms with Crippen LogP contribution in [-0.2, 0) is 0 Å². The summed E-state index contributed by atoms with van der Waals surface area (Å²) in [5.41, 5.74) is 0.0846. The van der Waals surface area contributed by atoms with Gasteiger partial charge in [-0.05, 0) is 6.08 Å². The molecule has 0 spiro atoms. The van der Waals surface area contributed by atoms with Crippen molar-refractivity contribution < 1.29 is 9.31 Å². The van der Waals surface area contributed by atoms with Gasteiger partial charge in [0.05, 0.1) is 4.92 Å². The van der Waals surface area contributed by atoms with Crippen molar-refractivity contribution in [2.45, 2.75) is 12.8 Å². The van der Waals surface area contributed by atoms with Gasteiger partial charge in [0.25, 0.3) is 0 Å². The first-order valence-corrected chi connectivity index (χ1v) is 2.90. The van der Waals surface area contributed by atoms with Gasteiger partial charge < -0.3 is 0 Å². The Morgan fingerprint density at radius 2 is 2.20 bits per heavy atom. The van der Waals surface area contributed by atoms with Crippen LogP contribution in [0.2, 0.25) is 0 Å². The van der Waals surface area contributed by atoms with Crippen molar-refractivity contribution in [3.63, 3.8) is 0 Å². The first kappa shape index (κ1) is 6.92. The van der Waals surface area contributed by atoms with Crippen LogP contribution < -0.4 is 0 Å². The summed E-state index contributed by atoms with van der Waals surface area (Å²) in [5, 5.41) is 10.0. The highest BCUT2D eigenvalue weighted by atomic mass is 19.1. The van der Waals surface area contributed by atoms with Crippen LogP contribution >= 0.6 is 0 Å². The number of nitro groups is 1. The van der Waals surface area contributed by atoms with Crippen molar-refractivity contribution in [1.82, 2.24) is 0 Å². The van der Waals surface area contributed by atoms with Gasteiger partial charge in [0.2, 0.25) is 5.70 Å². The molecule has 54 valence electrons. The first-order valence-electron chi connectivity index (χ1n) is 2.90. The third kappa shape index (κ3) is 1.40. The lowest BCUT2D eigenvalue weighted by Gasteiger charge is -2.00. The maximum Gasteiger partial charge on any atom is 0.246 e. The lowest BCUT2D eigenvalue weighted by molar-refractivity contribution is -0.428. The first-order chi connectivity index (χ1) is 4.70. The van der Waals surface area contributed by atoms with Crippen LogP contribution in [0.5, 0.6) is 0 Å². The summed E-state index contributed by atoms with van der Waals surface area (Å²) in [7, 11) is 0. The lowest BCUT2D eigenvalue weighted by atomic mass is 10.1.